The largest absolute Gasteiger partial charge is 0.478 e. The summed E-state index contributed by atoms with van der Waals surface area (Å²) in [4.78, 5) is 27.6. The Labute approximate surface area is 183 Å². The minimum absolute atomic E-state index is 0.187. The molecule has 1 heterocycles. The van der Waals surface area contributed by atoms with Crippen LogP contribution in [0.2, 0.25) is 0 Å². The summed E-state index contributed by atoms with van der Waals surface area (Å²) in [5.74, 6) is -2.53. The molecule has 0 amide bonds. The van der Waals surface area contributed by atoms with Crippen molar-refractivity contribution in [2.75, 3.05) is 4.90 Å². The third kappa shape index (κ3) is 3.74. The summed E-state index contributed by atoms with van der Waals surface area (Å²) < 4.78 is 0. The standard InChI is InChI=1S/C24H18N2O4S/c1-14(11-16-5-4-6-17(23(27)28)22(16)24(29)30)26-18-7-2-3-8-20(18)31-21-10-9-15(13-25)12-19(21)26/h2-10,12,14H,11H2,1H3,(H,27,28)(H,29,30). The van der Waals surface area contributed by atoms with E-state index in [0.717, 1.165) is 21.2 Å². The van der Waals surface area contributed by atoms with Crippen molar-refractivity contribution in [1.29, 1.82) is 5.26 Å². The van der Waals surface area contributed by atoms with Crippen LogP contribution in [-0.2, 0) is 6.42 Å². The van der Waals surface area contributed by atoms with Crippen LogP contribution in [0.25, 0.3) is 0 Å². The van der Waals surface area contributed by atoms with E-state index >= 15 is 0 Å². The van der Waals surface area contributed by atoms with Gasteiger partial charge in [-0.25, -0.2) is 9.59 Å². The van der Waals surface area contributed by atoms with Crippen molar-refractivity contribution in [3.8, 4) is 6.07 Å². The summed E-state index contributed by atoms with van der Waals surface area (Å²) in [6.45, 7) is 1.97. The number of carboxylic acids is 2. The van der Waals surface area contributed by atoms with Crippen molar-refractivity contribution >= 4 is 35.1 Å². The van der Waals surface area contributed by atoms with E-state index in [0.29, 0.717) is 17.5 Å². The Morgan fingerprint density at radius 1 is 1.00 bits per heavy atom. The topological polar surface area (TPSA) is 102 Å². The fraction of sp³-hybridized carbons (Fsp3) is 0.125. The summed E-state index contributed by atoms with van der Waals surface area (Å²) in [6, 6.07) is 20.0. The minimum atomic E-state index is -1.27. The third-order valence-electron chi connectivity index (χ3n) is 5.24. The zero-order valence-electron chi connectivity index (χ0n) is 16.6. The molecular weight excluding hydrogens is 412 g/mol. The fourth-order valence-electron chi connectivity index (χ4n) is 3.94. The number of nitrogens with zero attached hydrogens (tertiary/aromatic N) is 2. The predicted molar refractivity (Wildman–Crippen MR) is 117 cm³/mol. The Morgan fingerprint density at radius 2 is 1.74 bits per heavy atom. The molecule has 1 unspecified atom stereocenters. The second kappa shape index (κ2) is 8.17. The molecule has 0 aliphatic carbocycles. The van der Waals surface area contributed by atoms with Crippen LogP contribution in [0.15, 0.2) is 70.5 Å². The number of rotatable bonds is 5. The molecule has 6 nitrogen and oxygen atoms in total. The molecule has 0 spiro atoms. The molecule has 3 aromatic rings. The van der Waals surface area contributed by atoms with E-state index in [1.807, 2.05) is 43.3 Å². The highest BCUT2D eigenvalue weighted by Crippen LogP contribution is 2.49. The first-order valence-corrected chi connectivity index (χ1v) is 10.4. The number of carboxylic acid groups (broad SMARTS) is 2. The van der Waals surface area contributed by atoms with Crippen LogP contribution in [-0.4, -0.2) is 28.2 Å². The molecule has 0 saturated carbocycles. The minimum Gasteiger partial charge on any atom is -0.478 e. The monoisotopic (exact) mass is 430 g/mol. The van der Waals surface area contributed by atoms with Crippen molar-refractivity contribution in [1.82, 2.24) is 0 Å². The van der Waals surface area contributed by atoms with Crippen LogP contribution >= 0.6 is 11.8 Å². The molecule has 0 radical (unpaired) electrons. The first-order valence-electron chi connectivity index (χ1n) is 9.59. The molecular formula is C24H18N2O4S. The molecule has 2 N–H and O–H groups in total. The van der Waals surface area contributed by atoms with Crippen LogP contribution in [0.1, 0.15) is 38.8 Å². The van der Waals surface area contributed by atoms with Crippen LogP contribution in [0.5, 0.6) is 0 Å². The normalized spacial score (nSPS) is 13.0. The molecule has 0 fully saturated rings. The molecule has 154 valence electrons. The summed E-state index contributed by atoms with van der Waals surface area (Å²) in [7, 11) is 0. The first kappa shape index (κ1) is 20.5. The van der Waals surface area contributed by atoms with Gasteiger partial charge in [-0.2, -0.15) is 5.26 Å². The van der Waals surface area contributed by atoms with Crippen molar-refractivity contribution in [2.45, 2.75) is 29.2 Å². The van der Waals surface area contributed by atoms with Gasteiger partial charge >= 0.3 is 11.9 Å². The van der Waals surface area contributed by atoms with E-state index in [-0.39, 0.29) is 17.2 Å². The van der Waals surface area contributed by atoms with Crippen LogP contribution in [0.4, 0.5) is 11.4 Å². The van der Waals surface area contributed by atoms with Gasteiger partial charge in [-0.3, -0.25) is 0 Å². The summed E-state index contributed by atoms with van der Waals surface area (Å²) in [5.41, 5.74) is 2.42. The van der Waals surface area contributed by atoms with Gasteiger partial charge in [-0.05, 0) is 55.3 Å². The highest BCUT2D eigenvalue weighted by Gasteiger charge is 2.29. The molecule has 1 aliphatic rings. The first-order chi connectivity index (χ1) is 14.9. The smallest absolute Gasteiger partial charge is 0.336 e. The fourth-order valence-corrected chi connectivity index (χ4v) is 4.99. The lowest BCUT2D eigenvalue weighted by Gasteiger charge is -2.37. The maximum absolute atomic E-state index is 11.9. The second-order valence-corrected chi connectivity index (χ2v) is 8.32. The number of benzene rings is 3. The summed E-state index contributed by atoms with van der Waals surface area (Å²) >= 11 is 1.62. The lowest BCUT2D eigenvalue weighted by molar-refractivity contribution is 0.0650. The Bertz CT molecular complexity index is 1250. The van der Waals surface area contributed by atoms with Crippen LogP contribution in [0.3, 0.4) is 0 Å². The van der Waals surface area contributed by atoms with Gasteiger partial charge in [0.05, 0.1) is 34.1 Å². The molecule has 4 rings (SSSR count). The van der Waals surface area contributed by atoms with Gasteiger partial charge in [-0.15, -0.1) is 0 Å². The number of carbonyl (C=O) groups is 2. The van der Waals surface area contributed by atoms with Crippen molar-refractivity contribution in [3.63, 3.8) is 0 Å². The quantitative estimate of drug-likeness (QED) is 0.574. The summed E-state index contributed by atoms with van der Waals surface area (Å²) in [6.07, 6.45) is 0.317. The average Bonchev–Trinajstić information content (AvgIpc) is 2.76. The Morgan fingerprint density at radius 3 is 2.45 bits per heavy atom. The van der Waals surface area contributed by atoms with Crippen molar-refractivity contribution in [3.05, 3.63) is 82.9 Å². The lowest BCUT2D eigenvalue weighted by Crippen LogP contribution is -2.33. The van der Waals surface area contributed by atoms with E-state index in [9.17, 15) is 25.1 Å². The highest BCUT2D eigenvalue weighted by atomic mass is 32.2. The zero-order valence-corrected chi connectivity index (χ0v) is 17.4. The van der Waals surface area contributed by atoms with Gasteiger partial charge in [-0.1, -0.05) is 36.0 Å². The van der Waals surface area contributed by atoms with E-state index in [1.54, 1.807) is 30.0 Å². The number of anilines is 2. The maximum atomic E-state index is 11.9. The second-order valence-electron chi connectivity index (χ2n) is 7.24. The van der Waals surface area contributed by atoms with Gasteiger partial charge in [0.15, 0.2) is 0 Å². The van der Waals surface area contributed by atoms with Crippen molar-refractivity contribution in [2.24, 2.45) is 0 Å². The number of aromatic carboxylic acids is 2. The highest BCUT2D eigenvalue weighted by molar-refractivity contribution is 7.99. The van der Waals surface area contributed by atoms with Crippen molar-refractivity contribution < 1.29 is 19.8 Å². The molecule has 31 heavy (non-hydrogen) atoms. The number of fused-ring (bicyclic) bond motifs is 2. The van der Waals surface area contributed by atoms with Gasteiger partial charge in [0, 0.05) is 15.8 Å². The number of para-hydroxylation sites is 1. The number of hydrogen-bond acceptors (Lipinski definition) is 5. The number of nitriles is 1. The van der Waals surface area contributed by atoms with E-state index in [2.05, 4.69) is 11.0 Å². The van der Waals surface area contributed by atoms with Gasteiger partial charge in [0.2, 0.25) is 0 Å². The van der Waals surface area contributed by atoms with Gasteiger partial charge in [0.25, 0.3) is 0 Å². The maximum Gasteiger partial charge on any atom is 0.336 e. The molecule has 1 aliphatic heterocycles. The summed E-state index contributed by atoms with van der Waals surface area (Å²) in [5, 5.41) is 28.5. The molecule has 0 saturated heterocycles. The van der Waals surface area contributed by atoms with Gasteiger partial charge in [0.1, 0.15) is 0 Å². The molecule has 3 aromatic carbocycles. The van der Waals surface area contributed by atoms with E-state index in [4.69, 9.17) is 0 Å². The lowest BCUT2D eigenvalue weighted by atomic mass is 9.95. The predicted octanol–water partition coefficient (Wildman–Crippen LogP) is 5.19. The molecule has 0 aromatic heterocycles. The molecule has 1 atom stereocenters. The third-order valence-corrected chi connectivity index (χ3v) is 6.37. The van der Waals surface area contributed by atoms with Crippen LogP contribution in [0, 0.1) is 11.3 Å². The molecule has 7 heteroatoms. The molecule has 0 bridgehead atoms. The average molecular weight is 430 g/mol. The van der Waals surface area contributed by atoms with E-state index in [1.165, 1.54) is 6.07 Å². The van der Waals surface area contributed by atoms with Gasteiger partial charge < -0.3 is 15.1 Å². The zero-order chi connectivity index (χ0) is 22.1. The van der Waals surface area contributed by atoms with E-state index < -0.39 is 11.9 Å². The van der Waals surface area contributed by atoms with Crippen LogP contribution < -0.4 is 4.90 Å². The Balaban J connectivity index is 1.81. The Kier molecular flexibility index (Phi) is 5.40. The SMILES string of the molecule is CC(Cc1cccc(C(=O)O)c1C(=O)O)N1c2ccccc2Sc2ccc(C#N)cc21. The number of hydrogen-bond donors (Lipinski definition) is 2. The Hall–Kier alpha value is -3.76.